The third-order valence-corrected chi connectivity index (χ3v) is 2.74. The molecule has 1 aromatic carbocycles. The number of ether oxygens (including phenoxy) is 1. The van der Waals surface area contributed by atoms with Crippen LogP contribution in [0.1, 0.15) is 19.3 Å². The predicted molar refractivity (Wildman–Crippen MR) is 58.8 cm³/mol. The highest BCUT2D eigenvalue weighted by molar-refractivity contribution is 5.49. The molecule has 3 heteroatoms. The van der Waals surface area contributed by atoms with Crippen molar-refractivity contribution in [2.75, 3.05) is 19.0 Å². The van der Waals surface area contributed by atoms with Crippen molar-refractivity contribution in [1.82, 2.24) is 0 Å². The van der Waals surface area contributed by atoms with Crippen LogP contribution in [0.3, 0.4) is 0 Å². The molecule has 2 nitrogen and oxygen atoms in total. The van der Waals surface area contributed by atoms with Crippen LogP contribution < -0.4 is 10.1 Å². The van der Waals surface area contributed by atoms with Gasteiger partial charge in [0.05, 0.1) is 12.8 Å². The Bertz CT molecular complexity index is 336. The first kappa shape index (κ1) is 10.3. The Kier molecular flexibility index (Phi) is 3.09. The zero-order valence-corrected chi connectivity index (χ0v) is 8.92. The topological polar surface area (TPSA) is 21.3 Å². The van der Waals surface area contributed by atoms with E-state index in [0.717, 1.165) is 18.9 Å². The van der Waals surface area contributed by atoms with E-state index < -0.39 is 0 Å². The summed E-state index contributed by atoms with van der Waals surface area (Å²) in [6.45, 7) is 0.842. The molecule has 1 aromatic rings. The first-order valence-corrected chi connectivity index (χ1v) is 5.37. The minimum atomic E-state index is -0.216. The molecule has 1 saturated carbocycles. The van der Waals surface area contributed by atoms with Gasteiger partial charge in [-0.15, -0.1) is 0 Å². The lowest BCUT2D eigenvalue weighted by molar-refractivity contribution is 0.414. The maximum atomic E-state index is 13.3. The minimum Gasteiger partial charge on any atom is -0.497 e. The molecule has 1 aliphatic carbocycles. The highest BCUT2D eigenvalue weighted by atomic mass is 19.1. The van der Waals surface area contributed by atoms with Crippen LogP contribution >= 0.6 is 0 Å². The van der Waals surface area contributed by atoms with Crippen molar-refractivity contribution in [2.45, 2.75) is 19.3 Å². The molecular formula is C12H16FNO. The maximum absolute atomic E-state index is 13.3. The number of halogens is 1. The van der Waals surface area contributed by atoms with Gasteiger partial charge in [0.2, 0.25) is 0 Å². The SMILES string of the molecule is COc1ccc(F)c(NCCC2CC2)c1. The number of rotatable bonds is 5. The van der Waals surface area contributed by atoms with E-state index in [9.17, 15) is 4.39 Å². The van der Waals surface area contributed by atoms with Crippen LogP contribution in [0.4, 0.5) is 10.1 Å². The molecule has 0 heterocycles. The summed E-state index contributed by atoms with van der Waals surface area (Å²) in [6, 6.07) is 4.75. The van der Waals surface area contributed by atoms with Gasteiger partial charge in [-0.1, -0.05) is 12.8 Å². The van der Waals surface area contributed by atoms with E-state index in [1.165, 1.54) is 18.9 Å². The fraction of sp³-hybridized carbons (Fsp3) is 0.500. The number of benzene rings is 1. The Balaban J connectivity index is 1.92. The Morgan fingerprint density at radius 2 is 2.27 bits per heavy atom. The molecule has 15 heavy (non-hydrogen) atoms. The van der Waals surface area contributed by atoms with Crippen molar-refractivity contribution in [2.24, 2.45) is 5.92 Å². The normalized spacial score (nSPS) is 15.1. The summed E-state index contributed by atoms with van der Waals surface area (Å²) in [6.07, 6.45) is 3.81. The van der Waals surface area contributed by atoms with Gasteiger partial charge in [-0.2, -0.15) is 0 Å². The second kappa shape index (κ2) is 4.51. The number of anilines is 1. The van der Waals surface area contributed by atoms with E-state index in [4.69, 9.17) is 4.74 Å². The van der Waals surface area contributed by atoms with Gasteiger partial charge in [-0.3, -0.25) is 0 Å². The number of hydrogen-bond donors (Lipinski definition) is 1. The van der Waals surface area contributed by atoms with Gasteiger partial charge in [0.1, 0.15) is 11.6 Å². The van der Waals surface area contributed by atoms with E-state index >= 15 is 0 Å². The molecular weight excluding hydrogens is 193 g/mol. The van der Waals surface area contributed by atoms with Crippen molar-refractivity contribution < 1.29 is 9.13 Å². The first-order valence-electron chi connectivity index (χ1n) is 5.37. The highest BCUT2D eigenvalue weighted by Crippen LogP contribution is 2.32. The van der Waals surface area contributed by atoms with Gasteiger partial charge < -0.3 is 10.1 Å². The standard InChI is InChI=1S/C12H16FNO/c1-15-10-4-5-11(13)12(8-10)14-7-6-9-2-3-9/h4-5,8-9,14H,2-3,6-7H2,1H3. The summed E-state index contributed by atoms with van der Waals surface area (Å²) >= 11 is 0. The Morgan fingerprint density at radius 1 is 1.47 bits per heavy atom. The van der Waals surface area contributed by atoms with Crippen molar-refractivity contribution >= 4 is 5.69 Å². The van der Waals surface area contributed by atoms with E-state index in [1.54, 1.807) is 19.2 Å². The summed E-state index contributed by atoms with van der Waals surface area (Å²) in [7, 11) is 1.58. The summed E-state index contributed by atoms with van der Waals surface area (Å²) < 4.78 is 18.4. The molecule has 2 rings (SSSR count). The van der Waals surface area contributed by atoms with Gasteiger partial charge in [0.25, 0.3) is 0 Å². The van der Waals surface area contributed by atoms with Crippen LogP contribution in [-0.4, -0.2) is 13.7 Å². The van der Waals surface area contributed by atoms with Crippen molar-refractivity contribution in [3.63, 3.8) is 0 Å². The second-order valence-electron chi connectivity index (χ2n) is 4.00. The second-order valence-corrected chi connectivity index (χ2v) is 4.00. The lowest BCUT2D eigenvalue weighted by atomic mass is 10.2. The minimum absolute atomic E-state index is 0.216. The zero-order valence-electron chi connectivity index (χ0n) is 8.92. The summed E-state index contributed by atoms with van der Waals surface area (Å²) in [5, 5.41) is 3.10. The van der Waals surface area contributed by atoms with Gasteiger partial charge >= 0.3 is 0 Å². The third-order valence-electron chi connectivity index (χ3n) is 2.74. The number of nitrogens with one attached hydrogen (secondary N) is 1. The Morgan fingerprint density at radius 3 is 2.93 bits per heavy atom. The quantitative estimate of drug-likeness (QED) is 0.804. The first-order chi connectivity index (χ1) is 7.29. The third kappa shape index (κ3) is 2.85. The van der Waals surface area contributed by atoms with Gasteiger partial charge in [0.15, 0.2) is 0 Å². The highest BCUT2D eigenvalue weighted by Gasteiger charge is 2.20. The molecule has 0 amide bonds. The zero-order chi connectivity index (χ0) is 10.7. The molecule has 1 N–H and O–H groups in total. The van der Waals surface area contributed by atoms with E-state index in [2.05, 4.69) is 5.32 Å². The van der Waals surface area contributed by atoms with Crippen LogP contribution in [0.15, 0.2) is 18.2 Å². The molecule has 0 unspecified atom stereocenters. The van der Waals surface area contributed by atoms with Crippen LogP contribution in [0.2, 0.25) is 0 Å². The van der Waals surface area contributed by atoms with Crippen LogP contribution in [-0.2, 0) is 0 Å². The Labute approximate surface area is 89.4 Å². The predicted octanol–water partition coefficient (Wildman–Crippen LogP) is 3.05. The summed E-state index contributed by atoms with van der Waals surface area (Å²) in [5.74, 6) is 1.34. The molecule has 0 bridgehead atoms. The van der Waals surface area contributed by atoms with Gasteiger partial charge in [-0.25, -0.2) is 4.39 Å². The lowest BCUT2D eigenvalue weighted by Crippen LogP contribution is -2.04. The van der Waals surface area contributed by atoms with Crippen LogP contribution in [0.25, 0.3) is 0 Å². The van der Waals surface area contributed by atoms with Crippen molar-refractivity contribution in [3.05, 3.63) is 24.0 Å². The van der Waals surface area contributed by atoms with Gasteiger partial charge in [0, 0.05) is 12.6 Å². The van der Waals surface area contributed by atoms with E-state index in [1.807, 2.05) is 0 Å². The van der Waals surface area contributed by atoms with Crippen LogP contribution in [0, 0.1) is 11.7 Å². The van der Waals surface area contributed by atoms with Gasteiger partial charge in [-0.05, 0) is 24.5 Å². The molecule has 0 aliphatic heterocycles. The summed E-state index contributed by atoms with van der Waals surface area (Å²) in [4.78, 5) is 0. The molecule has 0 radical (unpaired) electrons. The molecule has 0 atom stereocenters. The lowest BCUT2D eigenvalue weighted by Gasteiger charge is -2.08. The molecule has 1 fully saturated rings. The van der Waals surface area contributed by atoms with E-state index in [-0.39, 0.29) is 5.82 Å². The Hall–Kier alpha value is -1.25. The molecule has 0 saturated heterocycles. The average Bonchev–Trinajstić information content (AvgIpc) is 3.05. The van der Waals surface area contributed by atoms with Crippen molar-refractivity contribution in [1.29, 1.82) is 0 Å². The number of methoxy groups -OCH3 is 1. The average molecular weight is 209 g/mol. The molecule has 82 valence electrons. The molecule has 1 aliphatic rings. The molecule has 0 spiro atoms. The summed E-state index contributed by atoms with van der Waals surface area (Å²) in [5.41, 5.74) is 0.537. The van der Waals surface area contributed by atoms with E-state index in [0.29, 0.717) is 11.4 Å². The van der Waals surface area contributed by atoms with Crippen molar-refractivity contribution in [3.8, 4) is 5.75 Å². The maximum Gasteiger partial charge on any atom is 0.146 e. The monoisotopic (exact) mass is 209 g/mol. The fourth-order valence-corrected chi connectivity index (χ4v) is 1.58. The van der Waals surface area contributed by atoms with Crippen LogP contribution in [0.5, 0.6) is 5.75 Å². The smallest absolute Gasteiger partial charge is 0.146 e. The largest absolute Gasteiger partial charge is 0.497 e. The fourth-order valence-electron chi connectivity index (χ4n) is 1.58. The molecule has 0 aromatic heterocycles. The number of hydrogen-bond acceptors (Lipinski definition) is 2.